The Kier molecular flexibility index (Phi) is 7.00. The number of ether oxygens (including phenoxy) is 1. The molecular weight excluding hydrogens is 476 g/mol. The third-order valence-electron chi connectivity index (χ3n) is 7.77. The smallest absolute Gasteiger partial charge is 0.227 e. The largest absolute Gasteiger partial charge is 0.377 e. The number of benzene rings is 2. The lowest BCUT2D eigenvalue weighted by atomic mass is 10.0. The third kappa shape index (κ3) is 4.74. The lowest BCUT2D eigenvalue weighted by molar-refractivity contribution is 0.0939. The molecule has 1 atom stereocenters. The molecule has 8 heteroatoms. The minimum Gasteiger partial charge on any atom is -0.377 e. The van der Waals surface area contributed by atoms with Gasteiger partial charge in [-0.2, -0.15) is 4.98 Å². The molecule has 0 aliphatic carbocycles. The van der Waals surface area contributed by atoms with E-state index in [-0.39, 0.29) is 6.04 Å². The van der Waals surface area contributed by atoms with Crippen molar-refractivity contribution in [3.8, 4) is 11.1 Å². The molecule has 2 aromatic heterocycles. The number of anilines is 2. The predicted octanol–water partition coefficient (Wildman–Crippen LogP) is 5.01. The lowest BCUT2D eigenvalue weighted by Gasteiger charge is -2.38. The van der Waals surface area contributed by atoms with Crippen LogP contribution in [0.4, 0.5) is 11.8 Å². The van der Waals surface area contributed by atoms with E-state index >= 15 is 0 Å². The summed E-state index contributed by atoms with van der Waals surface area (Å²) in [7, 11) is 0. The molecule has 38 heavy (non-hydrogen) atoms. The van der Waals surface area contributed by atoms with E-state index in [1.54, 1.807) is 0 Å². The molecule has 2 aliphatic heterocycles. The summed E-state index contributed by atoms with van der Waals surface area (Å²) in [4.78, 5) is 17.7. The first-order valence-electron chi connectivity index (χ1n) is 13.7. The van der Waals surface area contributed by atoms with Crippen LogP contribution in [0.15, 0.2) is 53.1 Å². The number of fused-ring (bicyclic) bond motifs is 1. The Bertz CT molecular complexity index is 1380. The summed E-state index contributed by atoms with van der Waals surface area (Å²) in [5, 5.41) is 5.23. The molecule has 0 amide bonds. The van der Waals surface area contributed by atoms with Gasteiger partial charge >= 0.3 is 0 Å². The molecule has 4 aromatic rings. The van der Waals surface area contributed by atoms with Crippen LogP contribution in [-0.4, -0.2) is 72.5 Å². The quantitative estimate of drug-likeness (QED) is 0.357. The molecule has 0 N–H and O–H groups in total. The SMILES string of the molecule is CCCN1CCN(c2nc(N3CCOCC3c3ccccc3)c3cc(-c4c(C)noc4C)ccc3n2)CC1. The minimum atomic E-state index is 0.0834. The Balaban J connectivity index is 1.46. The maximum absolute atomic E-state index is 5.97. The lowest BCUT2D eigenvalue weighted by Crippen LogP contribution is -2.47. The van der Waals surface area contributed by atoms with E-state index in [1.807, 2.05) is 13.8 Å². The highest BCUT2D eigenvalue weighted by molar-refractivity contribution is 5.94. The van der Waals surface area contributed by atoms with E-state index < -0.39 is 0 Å². The number of piperazine rings is 1. The number of hydrogen-bond acceptors (Lipinski definition) is 8. The van der Waals surface area contributed by atoms with Crippen molar-refractivity contribution in [1.29, 1.82) is 0 Å². The van der Waals surface area contributed by atoms with Gasteiger partial charge in [0.25, 0.3) is 0 Å². The number of morpholine rings is 1. The highest BCUT2D eigenvalue weighted by Crippen LogP contribution is 2.37. The van der Waals surface area contributed by atoms with Gasteiger partial charge in [-0.3, -0.25) is 4.90 Å². The zero-order chi connectivity index (χ0) is 26.1. The topological polar surface area (TPSA) is 70.8 Å². The second-order valence-corrected chi connectivity index (χ2v) is 10.3. The molecule has 0 spiro atoms. The van der Waals surface area contributed by atoms with Gasteiger partial charge in [0.1, 0.15) is 11.6 Å². The Hall–Kier alpha value is -3.49. The average Bonchev–Trinajstić information content (AvgIpc) is 3.30. The standard InChI is InChI=1S/C30H36N6O2/c1-4-12-34-13-15-35(16-14-34)30-31-26-11-10-24(28-21(2)33-38-22(28)3)19-25(26)29(32-30)36-17-18-37-20-27(36)23-8-6-5-7-9-23/h5-11,19,27H,4,12-18,20H2,1-3H3. The van der Waals surface area contributed by atoms with Gasteiger partial charge in [-0.05, 0) is 50.1 Å². The van der Waals surface area contributed by atoms with E-state index in [4.69, 9.17) is 19.2 Å². The fourth-order valence-electron chi connectivity index (χ4n) is 5.81. The normalized spacial score (nSPS) is 18.9. The van der Waals surface area contributed by atoms with Gasteiger partial charge < -0.3 is 19.1 Å². The first kappa shape index (κ1) is 24.8. The summed E-state index contributed by atoms with van der Waals surface area (Å²) in [6.07, 6.45) is 1.18. The fraction of sp³-hybridized carbons (Fsp3) is 0.433. The number of aromatic nitrogens is 3. The van der Waals surface area contributed by atoms with Crippen molar-refractivity contribution in [3.05, 3.63) is 65.5 Å². The van der Waals surface area contributed by atoms with Crippen molar-refractivity contribution in [2.24, 2.45) is 0 Å². The Morgan fingerprint density at radius 2 is 1.76 bits per heavy atom. The maximum Gasteiger partial charge on any atom is 0.227 e. The monoisotopic (exact) mass is 512 g/mol. The summed E-state index contributed by atoms with van der Waals surface area (Å²) in [6, 6.07) is 17.1. The molecule has 8 nitrogen and oxygen atoms in total. The van der Waals surface area contributed by atoms with Crippen LogP contribution in [0.2, 0.25) is 0 Å². The highest BCUT2D eigenvalue weighted by Gasteiger charge is 2.29. The van der Waals surface area contributed by atoms with Gasteiger partial charge in [0.2, 0.25) is 5.95 Å². The highest BCUT2D eigenvalue weighted by atomic mass is 16.5. The van der Waals surface area contributed by atoms with Crippen LogP contribution in [0.5, 0.6) is 0 Å². The summed E-state index contributed by atoms with van der Waals surface area (Å²) < 4.78 is 11.5. The van der Waals surface area contributed by atoms with Crippen molar-refractivity contribution in [2.75, 3.05) is 62.3 Å². The number of aryl methyl sites for hydroxylation is 2. The molecule has 2 aliphatic rings. The van der Waals surface area contributed by atoms with Crippen molar-refractivity contribution in [3.63, 3.8) is 0 Å². The second-order valence-electron chi connectivity index (χ2n) is 10.3. The van der Waals surface area contributed by atoms with Gasteiger partial charge in [-0.25, -0.2) is 4.98 Å². The van der Waals surface area contributed by atoms with Crippen LogP contribution < -0.4 is 9.80 Å². The van der Waals surface area contributed by atoms with E-state index in [9.17, 15) is 0 Å². The molecular formula is C30H36N6O2. The average molecular weight is 513 g/mol. The van der Waals surface area contributed by atoms with E-state index in [1.165, 1.54) is 12.0 Å². The zero-order valence-electron chi connectivity index (χ0n) is 22.6. The first-order chi connectivity index (χ1) is 18.6. The molecule has 198 valence electrons. The zero-order valence-corrected chi connectivity index (χ0v) is 22.6. The molecule has 6 rings (SSSR count). The Morgan fingerprint density at radius 1 is 0.947 bits per heavy atom. The molecule has 1 unspecified atom stereocenters. The van der Waals surface area contributed by atoms with E-state index in [0.29, 0.717) is 13.2 Å². The van der Waals surface area contributed by atoms with Crippen molar-refractivity contribution < 1.29 is 9.26 Å². The fourth-order valence-corrected chi connectivity index (χ4v) is 5.81. The van der Waals surface area contributed by atoms with Gasteiger partial charge in [0, 0.05) is 43.7 Å². The Labute approximate surface area is 224 Å². The minimum absolute atomic E-state index is 0.0834. The van der Waals surface area contributed by atoms with Crippen molar-refractivity contribution in [2.45, 2.75) is 33.2 Å². The summed E-state index contributed by atoms with van der Waals surface area (Å²) >= 11 is 0. The number of nitrogens with zero attached hydrogens (tertiary/aromatic N) is 6. The van der Waals surface area contributed by atoms with Gasteiger partial charge in [0.15, 0.2) is 0 Å². The molecule has 2 fully saturated rings. The molecule has 2 saturated heterocycles. The second kappa shape index (κ2) is 10.7. The van der Waals surface area contributed by atoms with Crippen LogP contribution in [0.3, 0.4) is 0 Å². The molecule has 0 bridgehead atoms. The summed E-state index contributed by atoms with van der Waals surface area (Å²) in [5.74, 6) is 2.60. The molecule has 4 heterocycles. The van der Waals surface area contributed by atoms with Crippen LogP contribution in [0.1, 0.15) is 36.4 Å². The van der Waals surface area contributed by atoms with Crippen LogP contribution >= 0.6 is 0 Å². The third-order valence-corrected chi connectivity index (χ3v) is 7.77. The summed E-state index contributed by atoms with van der Waals surface area (Å²) in [6.45, 7) is 13.4. The van der Waals surface area contributed by atoms with E-state index in [0.717, 1.165) is 84.5 Å². The van der Waals surface area contributed by atoms with Crippen LogP contribution in [-0.2, 0) is 4.74 Å². The Morgan fingerprint density at radius 3 is 2.50 bits per heavy atom. The van der Waals surface area contributed by atoms with Crippen molar-refractivity contribution in [1.82, 2.24) is 20.0 Å². The van der Waals surface area contributed by atoms with E-state index in [2.05, 4.69) is 75.3 Å². The van der Waals surface area contributed by atoms with Crippen LogP contribution in [0.25, 0.3) is 22.0 Å². The molecule has 2 aromatic carbocycles. The van der Waals surface area contributed by atoms with Gasteiger partial charge in [-0.15, -0.1) is 0 Å². The summed E-state index contributed by atoms with van der Waals surface area (Å²) in [5.41, 5.74) is 5.18. The number of hydrogen-bond donors (Lipinski definition) is 0. The maximum atomic E-state index is 5.97. The molecule has 0 radical (unpaired) electrons. The van der Waals surface area contributed by atoms with Crippen molar-refractivity contribution >= 4 is 22.7 Å². The van der Waals surface area contributed by atoms with Gasteiger partial charge in [0.05, 0.1) is 30.5 Å². The first-order valence-corrected chi connectivity index (χ1v) is 13.7. The van der Waals surface area contributed by atoms with Crippen LogP contribution in [0, 0.1) is 13.8 Å². The predicted molar refractivity (Wildman–Crippen MR) is 151 cm³/mol. The molecule has 0 saturated carbocycles. The number of rotatable bonds is 6. The van der Waals surface area contributed by atoms with Gasteiger partial charge in [-0.1, -0.05) is 48.5 Å².